The summed E-state index contributed by atoms with van der Waals surface area (Å²) in [6.07, 6.45) is 5.40. The Labute approximate surface area is 159 Å². The smallest absolute Gasteiger partial charge is 0.257 e. The van der Waals surface area contributed by atoms with Crippen molar-refractivity contribution in [2.45, 2.75) is 0 Å². The Hall–Kier alpha value is -2.90. The first-order valence-electron chi connectivity index (χ1n) is 8.69. The number of hydrogen-bond acceptors (Lipinski definition) is 4. The van der Waals surface area contributed by atoms with Crippen LogP contribution in [0, 0.1) is 0 Å². The monoisotopic (exact) mass is 381 g/mol. The van der Waals surface area contributed by atoms with E-state index in [9.17, 15) is 4.79 Å². The van der Waals surface area contributed by atoms with Crippen LogP contribution >= 0.6 is 11.6 Å². The third kappa shape index (κ3) is 2.75. The number of halogens is 1. The van der Waals surface area contributed by atoms with Gasteiger partial charge in [0.05, 0.1) is 30.5 Å². The molecule has 136 valence electrons. The standard InChI is InChI=1S/C19H16ClN5O2/c20-17-2-1-13-14(10-21-18(13)23-17)12-3-4-25-16(9-12)15(11-22-25)19(26)24-5-7-27-8-6-24/h1-4,9-11H,5-8H2,(H,21,23). The van der Waals surface area contributed by atoms with E-state index in [1.807, 2.05) is 35.5 Å². The highest BCUT2D eigenvalue weighted by Gasteiger charge is 2.22. The minimum Gasteiger partial charge on any atom is -0.378 e. The van der Waals surface area contributed by atoms with E-state index < -0.39 is 0 Å². The van der Waals surface area contributed by atoms with Crippen molar-refractivity contribution in [2.24, 2.45) is 0 Å². The van der Waals surface area contributed by atoms with Crippen LogP contribution in [-0.2, 0) is 4.74 Å². The lowest BCUT2D eigenvalue weighted by atomic mass is 10.1. The number of rotatable bonds is 2. The number of aromatic nitrogens is 4. The van der Waals surface area contributed by atoms with Crippen LogP contribution in [-0.4, -0.2) is 56.7 Å². The molecule has 0 aliphatic carbocycles. The molecule has 0 saturated carbocycles. The fourth-order valence-electron chi connectivity index (χ4n) is 3.47. The highest BCUT2D eigenvalue weighted by atomic mass is 35.5. The molecule has 1 N–H and O–H groups in total. The van der Waals surface area contributed by atoms with Gasteiger partial charge >= 0.3 is 0 Å². The normalized spacial score (nSPS) is 14.9. The number of morpholine rings is 1. The Kier molecular flexibility index (Phi) is 3.84. The van der Waals surface area contributed by atoms with Crippen molar-refractivity contribution in [3.63, 3.8) is 0 Å². The third-order valence-corrected chi connectivity index (χ3v) is 5.08. The van der Waals surface area contributed by atoms with Gasteiger partial charge < -0.3 is 14.6 Å². The van der Waals surface area contributed by atoms with E-state index in [0.717, 1.165) is 27.7 Å². The van der Waals surface area contributed by atoms with Crippen LogP contribution in [0.3, 0.4) is 0 Å². The zero-order chi connectivity index (χ0) is 18.4. The molecule has 1 fully saturated rings. The SMILES string of the molecule is O=C(c1cnn2ccc(-c3c[nH]c4nc(Cl)ccc34)cc12)N1CCOCC1. The van der Waals surface area contributed by atoms with Gasteiger partial charge in [-0.05, 0) is 29.8 Å². The van der Waals surface area contributed by atoms with Gasteiger partial charge in [0.25, 0.3) is 5.91 Å². The summed E-state index contributed by atoms with van der Waals surface area (Å²) in [5.41, 5.74) is 4.09. The fraction of sp³-hybridized carbons (Fsp3) is 0.211. The second-order valence-electron chi connectivity index (χ2n) is 6.44. The number of nitrogens with one attached hydrogen (secondary N) is 1. The van der Waals surface area contributed by atoms with E-state index in [1.165, 1.54) is 0 Å². The maximum Gasteiger partial charge on any atom is 0.257 e. The van der Waals surface area contributed by atoms with Crippen LogP contribution in [0.5, 0.6) is 0 Å². The van der Waals surface area contributed by atoms with Crippen molar-refractivity contribution in [1.29, 1.82) is 0 Å². The summed E-state index contributed by atoms with van der Waals surface area (Å²) in [5.74, 6) is -0.0159. The fourth-order valence-corrected chi connectivity index (χ4v) is 3.62. The average molecular weight is 382 g/mol. The molecular weight excluding hydrogens is 366 g/mol. The van der Waals surface area contributed by atoms with E-state index in [1.54, 1.807) is 16.8 Å². The average Bonchev–Trinajstić information content (AvgIpc) is 3.31. The number of aromatic amines is 1. The molecule has 4 aromatic heterocycles. The number of carbonyl (C=O) groups excluding carboxylic acids is 1. The van der Waals surface area contributed by atoms with Gasteiger partial charge in [0, 0.05) is 36.4 Å². The van der Waals surface area contributed by atoms with Crippen LogP contribution in [0.1, 0.15) is 10.4 Å². The summed E-state index contributed by atoms with van der Waals surface area (Å²) >= 11 is 5.97. The van der Waals surface area contributed by atoms with Crippen LogP contribution in [0.25, 0.3) is 27.7 Å². The summed E-state index contributed by atoms with van der Waals surface area (Å²) in [5, 5.41) is 5.75. The molecule has 1 saturated heterocycles. The maximum atomic E-state index is 12.9. The molecule has 1 amide bonds. The van der Waals surface area contributed by atoms with Crippen LogP contribution in [0.4, 0.5) is 0 Å². The highest BCUT2D eigenvalue weighted by Crippen LogP contribution is 2.30. The second-order valence-corrected chi connectivity index (χ2v) is 6.83. The van der Waals surface area contributed by atoms with Gasteiger partial charge in [0.15, 0.2) is 0 Å². The van der Waals surface area contributed by atoms with Crippen molar-refractivity contribution in [1.82, 2.24) is 24.5 Å². The molecule has 4 aromatic rings. The molecule has 1 aliphatic heterocycles. The Morgan fingerprint density at radius 2 is 2.07 bits per heavy atom. The molecule has 27 heavy (non-hydrogen) atoms. The summed E-state index contributed by atoms with van der Waals surface area (Å²) < 4.78 is 7.06. The van der Waals surface area contributed by atoms with Crippen LogP contribution in [0.15, 0.2) is 42.9 Å². The molecule has 0 bridgehead atoms. The molecule has 7 nitrogen and oxygen atoms in total. The third-order valence-electron chi connectivity index (χ3n) is 4.87. The molecule has 8 heteroatoms. The van der Waals surface area contributed by atoms with Gasteiger partial charge in [0.1, 0.15) is 10.8 Å². The van der Waals surface area contributed by atoms with E-state index in [-0.39, 0.29) is 5.91 Å². The molecule has 5 rings (SSSR count). The molecule has 1 aliphatic rings. The largest absolute Gasteiger partial charge is 0.378 e. The van der Waals surface area contributed by atoms with Crippen molar-refractivity contribution < 1.29 is 9.53 Å². The first-order chi connectivity index (χ1) is 13.2. The minimum atomic E-state index is -0.0159. The second kappa shape index (κ2) is 6.37. The van der Waals surface area contributed by atoms with Crippen molar-refractivity contribution in [3.8, 4) is 11.1 Å². The summed E-state index contributed by atoms with van der Waals surface area (Å²) in [7, 11) is 0. The number of nitrogens with zero attached hydrogens (tertiary/aromatic N) is 4. The van der Waals surface area contributed by atoms with E-state index >= 15 is 0 Å². The van der Waals surface area contributed by atoms with Crippen molar-refractivity contribution >= 4 is 34.1 Å². The van der Waals surface area contributed by atoms with Crippen LogP contribution < -0.4 is 0 Å². The lowest BCUT2D eigenvalue weighted by molar-refractivity contribution is 0.0304. The van der Waals surface area contributed by atoms with Crippen molar-refractivity contribution in [3.05, 3.63) is 53.6 Å². The van der Waals surface area contributed by atoms with Crippen LogP contribution in [0.2, 0.25) is 5.15 Å². The predicted octanol–water partition coefficient (Wildman–Crippen LogP) is 3.00. The number of carbonyl (C=O) groups is 1. The molecular formula is C19H16ClN5O2. The molecule has 0 unspecified atom stereocenters. The Morgan fingerprint density at radius 3 is 2.93 bits per heavy atom. The zero-order valence-corrected chi connectivity index (χ0v) is 15.1. The number of amides is 1. The zero-order valence-electron chi connectivity index (χ0n) is 14.4. The molecule has 0 atom stereocenters. The summed E-state index contributed by atoms with van der Waals surface area (Å²) in [6, 6.07) is 7.67. The molecule has 0 radical (unpaired) electrons. The number of pyridine rings is 2. The van der Waals surface area contributed by atoms with Gasteiger partial charge in [-0.25, -0.2) is 9.50 Å². The molecule has 0 aromatic carbocycles. The first kappa shape index (κ1) is 16.3. The predicted molar refractivity (Wildman–Crippen MR) is 102 cm³/mol. The van der Waals surface area contributed by atoms with E-state index in [2.05, 4.69) is 15.1 Å². The number of ether oxygens (including phenoxy) is 1. The number of fused-ring (bicyclic) bond motifs is 2. The quantitative estimate of drug-likeness (QED) is 0.541. The Balaban J connectivity index is 1.59. The number of hydrogen-bond donors (Lipinski definition) is 1. The van der Waals surface area contributed by atoms with Gasteiger partial charge in [-0.1, -0.05) is 11.6 Å². The maximum absolute atomic E-state index is 12.9. The highest BCUT2D eigenvalue weighted by molar-refractivity contribution is 6.29. The Morgan fingerprint density at radius 1 is 1.22 bits per heavy atom. The van der Waals surface area contributed by atoms with Crippen molar-refractivity contribution in [2.75, 3.05) is 26.3 Å². The first-order valence-corrected chi connectivity index (χ1v) is 9.07. The summed E-state index contributed by atoms with van der Waals surface area (Å²) in [4.78, 5) is 22.2. The lowest BCUT2D eigenvalue weighted by Gasteiger charge is -2.26. The van der Waals surface area contributed by atoms with Gasteiger partial charge in [-0.15, -0.1) is 0 Å². The summed E-state index contributed by atoms with van der Waals surface area (Å²) in [6.45, 7) is 2.34. The lowest BCUT2D eigenvalue weighted by Crippen LogP contribution is -2.40. The van der Waals surface area contributed by atoms with E-state index in [0.29, 0.717) is 37.0 Å². The molecule has 0 spiro atoms. The minimum absolute atomic E-state index is 0.0159. The van der Waals surface area contributed by atoms with Gasteiger partial charge in [-0.3, -0.25) is 4.79 Å². The topological polar surface area (TPSA) is 75.5 Å². The molecule has 5 heterocycles. The Bertz CT molecular complexity index is 1160. The van der Waals surface area contributed by atoms with Gasteiger partial charge in [0.2, 0.25) is 0 Å². The number of H-pyrrole nitrogens is 1. The van der Waals surface area contributed by atoms with Gasteiger partial charge in [-0.2, -0.15) is 5.10 Å². The van der Waals surface area contributed by atoms with E-state index in [4.69, 9.17) is 16.3 Å².